The van der Waals surface area contributed by atoms with Crippen LogP contribution in [-0.4, -0.2) is 25.5 Å². The van der Waals surface area contributed by atoms with Crippen LogP contribution in [0.5, 0.6) is 0 Å². The fourth-order valence-electron chi connectivity index (χ4n) is 1.54. The molecule has 0 fully saturated rings. The number of benzene rings is 1. The van der Waals surface area contributed by atoms with Crippen molar-refractivity contribution in [1.82, 2.24) is 4.72 Å². The zero-order chi connectivity index (χ0) is 15.3. The topological polar surface area (TPSA) is 83.5 Å². The predicted molar refractivity (Wildman–Crippen MR) is 76.3 cm³/mol. The van der Waals surface area contributed by atoms with E-state index >= 15 is 0 Å². The first-order chi connectivity index (χ1) is 9.31. The molecule has 108 valence electrons. The zero-order valence-electron chi connectivity index (χ0n) is 10.8. The van der Waals surface area contributed by atoms with Crippen LogP contribution in [0.1, 0.15) is 30.1 Å². The summed E-state index contributed by atoms with van der Waals surface area (Å²) in [6.07, 6.45) is 5.99. The summed E-state index contributed by atoms with van der Waals surface area (Å²) in [4.78, 5) is 10.7. The van der Waals surface area contributed by atoms with Crippen LogP contribution in [0, 0.1) is 12.3 Å². The quantitative estimate of drug-likeness (QED) is 0.788. The molecule has 0 bridgehead atoms. The number of halogens is 1. The smallest absolute Gasteiger partial charge is 0.337 e. The van der Waals surface area contributed by atoms with Crippen LogP contribution in [0.25, 0.3) is 0 Å². The molecule has 0 aromatic heterocycles. The lowest BCUT2D eigenvalue weighted by Gasteiger charge is -2.15. The third-order valence-electron chi connectivity index (χ3n) is 2.66. The van der Waals surface area contributed by atoms with Crippen LogP contribution in [0.2, 0.25) is 5.02 Å². The fraction of sp³-hybridized carbons (Fsp3) is 0.308. The zero-order valence-corrected chi connectivity index (χ0v) is 12.3. The number of aromatic carboxylic acids is 1. The molecular weight excluding hydrogens is 302 g/mol. The maximum absolute atomic E-state index is 12.1. The van der Waals surface area contributed by atoms with Crippen molar-refractivity contribution in [3.8, 4) is 12.3 Å². The third-order valence-corrected chi connectivity index (χ3v) is 4.49. The van der Waals surface area contributed by atoms with E-state index in [1.807, 2.05) is 6.92 Å². The highest BCUT2D eigenvalue weighted by atomic mass is 35.5. The van der Waals surface area contributed by atoms with E-state index in [2.05, 4.69) is 10.6 Å². The maximum atomic E-state index is 12.1. The van der Waals surface area contributed by atoms with Gasteiger partial charge in [0.25, 0.3) is 0 Å². The molecule has 1 aromatic carbocycles. The Bertz CT molecular complexity index is 649. The molecule has 0 saturated heterocycles. The number of carboxylic acids is 1. The van der Waals surface area contributed by atoms with E-state index in [1.165, 1.54) is 6.07 Å². The summed E-state index contributed by atoms with van der Waals surface area (Å²) < 4.78 is 26.7. The number of hydrogen-bond acceptors (Lipinski definition) is 3. The number of nitrogens with one attached hydrogen (secondary N) is 1. The monoisotopic (exact) mass is 315 g/mol. The second kappa shape index (κ2) is 6.75. The van der Waals surface area contributed by atoms with Gasteiger partial charge in [0, 0.05) is 12.5 Å². The van der Waals surface area contributed by atoms with Crippen molar-refractivity contribution in [2.75, 3.05) is 0 Å². The molecule has 0 aliphatic heterocycles. The Morgan fingerprint density at radius 1 is 1.55 bits per heavy atom. The van der Waals surface area contributed by atoms with Crippen molar-refractivity contribution in [3.63, 3.8) is 0 Å². The number of carbonyl (C=O) groups is 1. The highest BCUT2D eigenvalue weighted by Gasteiger charge is 2.20. The molecule has 0 aliphatic rings. The molecule has 0 amide bonds. The van der Waals surface area contributed by atoms with E-state index in [0.29, 0.717) is 6.42 Å². The standard InChI is InChI=1S/C13H14ClNO4S/c1-3-5-9(4-2)15-20(18,19)10-6-7-11(13(16)17)12(14)8-10/h1,6-9,15H,4-5H2,2H3,(H,16,17). The normalized spacial score (nSPS) is 12.7. The molecule has 1 unspecified atom stereocenters. The van der Waals surface area contributed by atoms with Crippen LogP contribution < -0.4 is 4.72 Å². The van der Waals surface area contributed by atoms with Crippen LogP contribution in [0.4, 0.5) is 0 Å². The Morgan fingerprint density at radius 2 is 2.20 bits per heavy atom. The van der Waals surface area contributed by atoms with Crippen molar-refractivity contribution in [2.45, 2.75) is 30.7 Å². The number of sulfonamides is 1. The van der Waals surface area contributed by atoms with Gasteiger partial charge in [0.15, 0.2) is 0 Å². The first kappa shape index (κ1) is 16.5. The Morgan fingerprint density at radius 3 is 2.65 bits per heavy atom. The average molecular weight is 316 g/mol. The Hall–Kier alpha value is -1.55. The van der Waals surface area contributed by atoms with Crippen LogP contribution in [-0.2, 0) is 10.0 Å². The highest BCUT2D eigenvalue weighted by molar-refractivity contribution is 7.89. The first-order valence-corrected chi connectivity index (χ1v) is 7.66. The van der Waals surface area contributed by atoms with Gasteiger partial charge in [-0.15, -0.1) is 12.3 Å². The van der Waals surface area contributed by atoms with Crippen molar-refractivity contribution >= 4 is 27.6 Å². The number of carboxylic acid groups (broad SMARTS) is 1. The maximum Gasteiger partial charge on any atom is 0.337 e. The molecule has 0 spiro atoms. The predicted octanol–water partition coefficient (Wildman–Crippen LogP) is 2.12. The largest absolute Gasteiger partial charge is 0.478 e. The number of hydrogen-bond donors (Lipinski definition) is 2. The van der Waals surface area contributed by atoms with E-state index < -0.39 is 16.0 Å². The molecule has 2 N–H and O–H groups in total. The van der Waals surface area contributed by atoms with Crippen LogP contribution in [0.15, 0.2) is 23.1 Å². The van der Waals surface area contributed by atoms with Gasteiger partial charge in [-0.1, -0.05) is 18.5 Å². The van der Waals surface area contributed by atoms with Crippen LogP contribution >= 0.6 is 11.6 Å². The second-order valence-corrected chi connectivity index (χ2v) is 6.20. The molecule has 1 aromatic rings. The van der Waals surface area contributed by atoms with Gasteiger partial charge < -0.3 is 5.11 Å². The lowest BCUT2D eigenvalue weighted by atomic mass is 10.2. The van der Waals surface area contributed by atoms with Gasteiger partial charge in [0.1, 0.15) is 0 Å². The van der Waals surface area contributed by atoms with Gasteiger partial charge in [0.05, 0.1) is 15.5 Å². The summed E-state index contributed by atoms with van der Waals surface area (Å²) in [6.45, 7) is 1.81. The highest BCUT2D eigenvalue weighted by Crippen LogP contribution is 2.21. The van der Waals surface area contributed by atoms with Gasteiger partial charge >= 0.3 is 5.97 Å². The molecule has 0 radical (unpaired) electrons. The Balaban J connectivity index is 3.08. The average Bonchev–Trinajstić information content (AvgIpc) is 2.37. The van der Waals surface area contributed by atoms with Gasteiger partial charge in [0.2, 0.25) is 10.0 Å². The third kappa shape index (κ3) is 3.97. The lowest BCUT2D eigenvalue weighted by Crippen LogP contribution is -2.34. The minimum absolute atomic E-state index is 0.0945. The minimum Gasteiger partial charge on any atom is -0.478 e. The molecular formula is C13H14ClNO4S. The van der Waals surface area contributed by atoms with Crippen molar-refractivity contribution in [2.24, 2.45) is 0 Å². The molecule has 1 rings (SSSR count). The molecule has 0 saturated carbocycles. The van der Waals surface area contributed by atoms with E-state index in [1.54, 1.807) is 0 Å². The Kier molecular flexibility index (Phi) is 5.57. The molecule has 20 heavy (non-hydrogen) atoms. The van der Waals surface area contributed by atoms with E-state index in [-0.39, 0.29) is 27.9 Å². The van der Waals surface area contributed by atoms with Crippen molar-refractivity contribution < 1.29 is 18.3 Å². The fourth-order valence-corrected chi connectivity index (χ4v) is 3.21. The number of rotatable bonds is 6. The molecule has 0 aliphatic carbocycles. The lowest BCUT2D eigenvalue weighted by molar-refractivity contribution is 0.0697. The molecule has 5 nitrogen and oxygen atoms in total. The summed E-state index contributed by atoms with van der Waals surface area (Å²) in [6, 6.07) is 3.08. The summed E-state index contributed by atoms with van der Waals surface area (Å²) in [5.74, 6) is 1.18. The van der Waals surface area contributed by atoms with Gasteiger partial charge in [-0.2, -0.15) is 0 Å². The first-order valence-electron chi connectivity index (χ1n) is 5.80. The second-order valence-electron chi connectivity index (χ2n) is 4.08. The molecule has 0 heterocycles. The number of terminal acetylenes is 1. The molecule has 1 atom stereocenters. The van der Waals surface area contributed by atoms with Crippen LogP contribution in [0.3, 0.4) is 0 Å². The summed E-state index contributed by atoms with van der Waals surface area (Å²) in [5, 5.41) is 8.71. The van der Waals surface area contributed by atoms with Crippen molar-refractivity contribution in [1.29, 1.82) is 0 Å². The summed E-state index contributed by atoms with van der Waals surface area (Å²) in [7, 11) is -3.78. The summed E-state index contributed by atoms with van der Waals surface area (Å²) >= 11 is 5.76. The van der Waals surface area contributed by atoms with Gasteiger partial charge in [-0.3, -0.25) is 0 Å². The minimum atomic E-state index is -3.78. The SMILES string of the molecule is C#CCC(CC)NS(=O)(=O)c1ccc(C(=O)O)c(Cl)c1. The van der Waals surface area contributed by atoms with Gasteiger partial charge in [-0.05, 0) is 24.6 Å². The van der Waals surface area contributed by atoms with E-state index in [4.69, 9.17) is 23.1 Å². The van der Waals surface area contributed by atoms with E-state index in [9.17, 15) is 13.2 Å². The Labute approximate surface area is 123 Å². The van der Waals surface area contributed by atoms with Gasteiger partial charge in [-0.25, -0.2) is 17.9 Å². The molecule has 7 heteroatoms. The van der Waals surface area contributed by atoms with E-state index in [0.717, 1.165) is 12.1 Å². The summed E-state index contributed by atoms with van der Waals surface area (Å²) in [5.41, 5.74) is -0.152. The van der Waals surface area contributed by atoms with Crippen molar-refractivity contribution in [3.05, 3.63) is 28.8 Å².